The zero-order valence-electron chi connectivity index (χ0n) is 7.19. The summed E-state index contributed by atoms with van der Waals surface area (Å²) in [6.07, 6.45) is 1.86. The summed E-state index contributed by atoms with van der Waals surface area (Å²) in [5.41, 5.74) is 0.604. The van der Waals surface area contributed by atoms with Crippen molar-refractivity contribution in [2.75, 3.05) is 6.61 Å². The van der Waals surface area contributed by atoms with Gasteiger partial charge in [0.2, 0.25) is 0 Å². The normalized spacial score (nSPS) is 10.5. The van der Waals surface area contributed by atoms with Crippen molar-refractivity contribution in [2.45, 2.75) is 6.92 Å². The highest BCUT2D eigenvalue weighted by Crippen LogP contribution is 2.17. The standard InChI is InChI=1S/C9H9NO2S/c1-2-12-9(11)7-6-13-8-4-3-5-10(7)8/h3-6H,2H2,1H3. The van der Waals surface area contributed by atoms with E-state index in [1.54, 1.807) is 6.92 Å². The van der Waals surface area contributed by atoms with Crippen molar-refractivity contribution in [2.24, 2.45) is 0 Å². The van der Waals surface area contributed by atoms with Gasteiger partial charge < -0.3 is 9.14 Å². The van der Waals surface area contributed by atoms with E-state index in [1.165, 1.54) is 11.3 Å². The molecule has 0 bridgehead atoms. The fraction of sp³-hybridized carbons (Fsp3) is 0.222. The molecule has 0 unspecified atom stereocenters. The van der Waals surface area contributed by atoms with Crippen LogP contribution in [0, 0.1) is 0 Å². The molecule has 0 spiro atoms. The van der Waals surface area contributed by atoms with Gasteiger partial charge in [0.1, 0.15) is 5.69 Å². The SMILES string of the molecule is CCOC(=O)c1csc2cccn12. The van der Waals surface area contributed by atoms with Crippen molar-refractivity contribution >= 4 is 22.1 Å². The second-order valence-corrected chi connectivity index (χ2v) is 3.45. The smallest absolute Gasteiger partial charge is 0.356 e. The van der Waals surface area contributed by atoms with Crippen LogP contribution in [0.25, 0.3) is 4.83 Å². The van der Waals surface area contributed by atoms with Crippen molar-refractivity contribution in [3.05, 3.63) is 29.4 Å². The average molecular weight is 195 g/mol. The molecule has 0 aliphatic rings. The van der Waals surface area contributed by atoms with Gasteiger partial charge in [-0.05, 0) is 19.1 Å². The van der Waals surface area contributed by atoms with E-state index in [4.69, 9.17) is 4.74 Å². The van der Waals surface area contributed by atoms with Crippen molar-refractivity contribution in [3.8, 4) is 0 Å². The molecular weight excluding hydrogens is 186 g/mol. The number of aromatic nitrogens is 1. The summed E-state index contributed by atoms with van der Waals surface area (Å²) in [5, 5.41) is 1.81. The van der Waals surface area contributed by atoms with E-state index in [0.717, 1.165) is 4.83 Å². The molecule has 2 rings (SSSR count). The maximum atomic E-state index is 11.4. The third-order valence-corrected chi connectivity index (χ3v) is 2.66. The van der Waals surface area contributed by atoms with Crippen LogP contribution in [-0.4, -0.2) is 17.0 Å². The summed E-state index contributed by atoms with van der Waals surface area (Å²) in [4.78, 5) is 12.4. The molecule has 0 aliphatic heterocycles. The first-order chi connectivity index (χ1) is 6.33. The van der Waals surface area contributed by atoms with Gasteiger partial charge >= 0.3 is 5.97 Å². The number of fused-ring (bicyclic) bond motifs is 1. The Balaban J connectivity index is 2.42. The van der Waals surface area contributed by atoms with E-state index in [1.807, 2.05) is 28.1 Å². The molecule has 68 valence electrons. The Bertz CT molecular complexity index is 429. The molecule has 0 saturated carbocycles. The Kier molecular flexibility index (Phi) is 2.06. The highest BCUT2D eigenvalue weighted by Gasteiger charge is 2.11. The maximum Gasteiger partial charge on any atom is 0.356 e. The van der Waals surface area contributed by atoms with E-state index in [9.17, 15) is 4.79 Å². The van der Waals surface area contributed by atoms with Gasteiger partial charge in [0.15, 0.2) is 0 Å². The zero-order chi connectivity index (χ0) is 9.26. The van der Waals surface area contributed by atoms with Crippen LogP contribution in [0.2, 0.25) is 0 Å². The Hall–Kier alpha value is -1.29. The van der Waals surface area contributed by atoms with Crippen molar-refractivity contribution < 1.29 is 9.53 Å². The largest absolute Gasteiger partial charge is 0.461 e. The zero-order valence-corrected chi connectivity index (χ0v) is 8.00. The minimum atomic E-state index is -0.259. The molecule has 0 atom stereocenters. The number of ether oxygens (including phenoxy) is 1. The van der Waals surface area contributed by atoms with Gasteiger partial charge in [0, 0.05) is 11.6 Å². The van der Waals surface area contributed by atoms with Gasteiger partial charge in [0.05, 0.1) is 11.4 Å². The third kappa shape index (κ3) is 1.33. The van der Waals surface area contributed by atoms with Crippen LogP contribution in [0.15, 0.2) is 23.7 Å². The lowest BCUT2D eigenvalue weighted by Crippen LogP contribution is -2.06. The molecule has 0 aliphatic carbocycles. The molecule has 3 nitrogen and oxygen atoms in total. The summed E-state index contributed by atoms with van der Waals surface area (Å²) in [6.45, 7) is 2.22. The predicted molar refractivity (Wildman–Crippen MR) is 51.2 cm³/mol. The van der Waals surface area contributed by atoms with E-state index < -0.39 is 0 Å². The van der Waals surface area contributed by atoms with Gasteiger partial charge in [-0.1, -0.05) is 0 Å². The Morgan fingerprint density at radius 1 is 1.69 bits per heavy atom. The average Bonchev–Trinajstić information content (AvgIpc) is 2.62. The molecule has 0 N–H and O–H groups in total. The molecule has 4 heteroatoms. The van der Waals surface area contributed by atoms with E-state index in [-0.39, 0.29) is 5.97 Å². The van der Waals surface area contributed by atoms with E-state index >= 15 is 0 Å². The molecule has 0 saturated heterocycles. The highest BCUT2D eigenvalue weighted by atomic mass is 32.1. The van der Waals surface area contributed by atoms with Gasteiger partial charge in [-0.25, -0.2) is 4.79 Å². The van der Waals surface area contributed by atoms with Gasteiger partial charge in [-0.3, -0.25) is 0 Å². The molecule has 0 amide bonds. The van der Waals surface area contributed by atoms with Crippen LogP contribution in [-0.2, 0) is 4.74 Å². The number of esters is 1. The molecule has 2 aromatic heterocycles. The first-order valence-corrected chi connectivity index (χ1v) is 4.92. The van der Waals surface area contributed by atoms with Crippen LogP contribution >= 0.6 is 11.3 Å². The lowest BCUT2D eigenvalue weighted by Gasteiger charge is -1.98. The van der Waals surface area contributed by atoms with Crippen LogP contribution in [0.3, 0.4) is 0 Å². The third-order valence-electron chi connectivity index (χ3n) is 1.75. The molecule has 0 aromatic carbocycles. The highest BCUT2D eigenvalue weighted by molar-refractivity contribution is 7.15. The summed E-state index contributed by atoms with van der Waals surface area (Å²) in [5.74, 6) is -0.259. The molecule has 0 fully saturated rings. The molecule has 13 heavy (non-hydrogen) atoms. The number of carbonyl (C=O) groups is 1. The molecular formula is C9H9NO2S. The molecule has 2 heterocycles. The number of carbonyl (C=O) groups excluding carboxylic acids is 1. The predicted octanol–water partition coefficient (Wildman–Crippen LogP) is 2.18. The molecule has 0 radical (unpaired) electrons. The second-order valence-electron chi connectivity index (χ2n) is 2.56. The number of hydrogen-bond donors (Lipinski definition) is 0. The summed E-state index contributed by atoms with van der Waals surface area (Å²) < 4.78 is 6.75. The van der Waals surface area contributed by atoms with Crippen LogP contribution in [0.5, 0.6) is 0 Å². The van der Waals surface area contributed by atoms with Gasteiger partial charge in [0.25, 0.3) is 0 Å². The number of nitrogens with zero attached hydrogens (tertiary/aromatic N) is 1. The van der Waals surface area contributed by atoms with Crippen molar-refractivity contribution in [1.82, 2.24) is 4.40 Å². The van der Waals surface area contributed by atoms with E-state index in [2.05, 4.69) is 0 Å². The minimum absolute atomic E-state index is 0.259. The van der Waals surface area contributed by atoms with Gasteiger partial charge in [-0.2, -0.15) is 0 Å². The molecule has 2 aromatic rings. The fourth-order valence-electron chi connectivity index (χ4n) is 1.18. The van der Waals surface area contributed by atoms with Crippen LogP contribution < -0.4 is 0 Å². The summed E-state index contributed by atoms with van der Waals surface area (Å²) in [6, 6.07) is 3.88. The fourth-order valence-corrected chi connectivity index (χ4v) is 2.06. The van der Waals surface area contributed by atoms with E-state index in [0.29, 0.717) is 12.3 Å². The van der Waals surface area contributed by atoms with Gasteiger partial charge in [-0.15, -0.1) is 11.3 Å². The lowest BCUT2D eigenvalue weighted by molar-refractivity contribution is 0.0518. The monoisotopic (exact) mass is 195 g/mol. The minimum Gasteiger partial charge on any atom is -0.461 e. The Morgan fingerprint density at radius 2 is 2.54 bits per heavy atom. The number of hydrogen-bond acceptors (Lipinski definition) is 3. The first kappa shape index (κ1) is 8.31. The van der Waals surface area contributed by atoms with Crippen LogP contribution in [0.1, 0.15) is 17.4 Å². The Labute approximate surface area is 79.6 Å². The van der Waals surface area contributed by atoms with Crippen molar-refractivity contribution in [1.29, 1.82) is 0 Å². The summed E-state index contributed by atoms with van der Waals surface area (Å²) >= 11 is 1.54. The summed E-state index contributed by atoms with van der Waals surface area (Å²) in [7, 11) is 0. The lowest BCUT2D eigenvalue weighted by atomic mass is 10.5. The van der Waals surface area contributed by atoms with Crippen molar-refractivity contribution in [3.63, 3.8) is 0 Å². The second kappa shape index (κ2) is 3.22. The maximum absolute atomic E-state index is 11.4. The first-order valence-electron chi connectivity index (χ1n) is 4.04. The van der Waals surface area contributed by atoms with Crippen LogP contribution in [0.4, 0.5) is 0 Å². The number of thiazole rings is 1. The topological polar surface area (TPSA) is 30.7 Å². The quantitative estimate of drug-likeness (QED) is 0.687. The Morgan fingerprint density at radius 3 is 3.31 bits per heavy atom. The number of rotatable bonds is 2.